The molecule has 0 aliphatic carbocycles. The minimum atomic E-state index is 0.416. The van der Waals surface area contributed by atoms with Crippen LogP contribution in [0.5, 0.6) is 0 Å². The zero-order chi connectivity index (χ0) is 8.97. The Balaban J connectivity index is 2.80. The fourth-order valence-electron chi connectivity index (χ4n) is 0.752. The Labute approximate surface area is 81.6 Å². The van der Waals surface area contributed by atoms with E-state index in [-0.39, 0.29) is 0 Å². The third-order valence-corrected chi connectivity index (χ3v) is 1.48. The summed E-state index contributed by atoms with van der Waals surface area (Å²) >= 11 is 8.64. The number of nitrogens with zero attached hydrogens (tertiary/aromatic N) is 1. The fourth-order valence-corrected chi connectivity index (χ4v) is 0.999. The van der Waals surface area contributed by atoms with Crippen LogP contribution in [0, 0.1) is 11.3 Å². The van der Waals surface area contributed by atoms with Gasteiger partial charge in [0.2, 0.25) is 0 Å². The maximum atomic E-state index is 8.50. The van der Waals surface area contributed by atoms with Gasteiger partial charge in [-0.3, -0.25) is 0 Å². The predicted molar refractivity (Wildman–Crippen MR) is 56.4 cm³/mol. The van der Waals surface area contributed by atoms with Gasteiger partial charge in [0.1, 0.15) is 4.32 Å². The molecule has 0 aromatic heterocycles. The molecule has 0 aliphatic rings. The van der Waals surface area contributed by atoms with E-state index in [9.17, 15) is 0 Å². The van der Waals surface area contributed by atoms with Crippen LogP contribution in [-0.4, -0.2) is 4.32 Å². The van der Waals surface area contributed by atoms with Crippen molar-refractivity contribution in [1.29, 1.82) is 5.26 Å². The van der Waals surface area contributed by atoms with Crippen molar-refractivity contribution in [2.45, 2.75) is 0 Å². The van der Waals surface area contributed by atoms with Gasteiger partial charge in [-0.15, -0.1) is 12.6 Å². The monoisotopic (exact) mass is 194 g/mol. The predicted octanol–water partition coefficient (Wildman–Crippen LogP) is 2.18. The van der Waals surface area contributed by atoms with E-state index >= 15 is 0 Å². The number of rotatable bonds is 1. The number of hydrogen-bond acceptors (Lipinski definition) is 2. The number of hydrogen-bond donors (Lipinski definition) is 2. The quantitative estimate of drug-likeness (QED) is 0.531. The van der Waals surface area contributed by atoms with Gasteiger partial charge in [0.15, 0.2) is 0 Å². The maximum absolute atomic E-state index is 8.50. The average Bonchev–Trinajstić information content (AvgIpc) is 2.05. The first-order valence-corrected chi connectivity index (χ1v) is 4.08. The summed E-state index contributed by atoms with van der Waals surface area (Å²) in [6.07, 6.45) is 0. The Kier molecular flexibility index (Phi) is 3.09. The van der Waals surface area contributed by atoms with Crippen molar-refractivity contribution >= 4 is 34.9 Å². The molecule has 12 heavy (non-hydrogen) atoms. The molecule has 0 amide bonds. The normalized spacial score (nSPS) is 8.67. The smallest absolute Gasteiger partial charge is 0.135 e. The van der Waals surface area contributed by atoms with Crippen molar-refractivity contribution in [2.75, 3.05) is 5.32 Å². The van der Waals surface area contributed by atoms with Gasteiger partial charge in [0, 0.05) is 5.69 Å². The summed E-state index contributed by atoms with van der Waals surface area (Å²) in [6.45, 7) is 0. The van der Waals surface area contributed by atoms with Crippen molar-refractivity contribution in [2.24, 2.45) is 0 Å². The SMILES string of the molecule is N#Cc1ccc(NC(=S)S)cc1. The van der Waals surface area contributed by atoms with Crippen molar-refractivity contribution in [3.8, 4) is 6.07 Å². The van der Waals surface area contributed by atoms with Crippen LogP contribution in [0.15, 0.2) is 24.3 Å². The minimum absolute atomic E-state index is 0.416. The second kappa shape index (κ2) is 4.10. The Morgan fingerprint density at radius 2 is 2.00 bits per heavy atom. The van der Waals surface area contributed by atoms with Crippen LogP contribution in [0.1, 0.15) is 5.56 Å². The van der Waals surface area contributed by atoms with Crippen LogP contribution in [0.25, 0.3) is 0 Å². The fraction of sp³-hybridized carbons (Fsp3) is 0. The van der Waals surface area contributed by atoms with E-state index in [0.29, 0.717) is 9.88 Å². The van der Waals surface area contributed by atoms with Gasteiger partial charge >= 0.3 is 0 Å². The summed E-state index contributed by atoms with van der Waals surface area (Å²) in [7, 11) is 0. The topological polar surface area (TPSA) is 35.8 Å². The number of thiocarbonyl (C=S) groups is 1. The van der Waals surface area contributed by atoms with E-state index in [0.717, 1.165) is 5.69 Å². The highest BCUT2D eigenvalue weighted by molar-refractivity contribution is 8.11. The first-order valence-electron chi connectivity index (χ1n) is 3.22. The second-order valence-corrected chi connectivity index (χ2v) is 3.28. The summed E-state index contributed by atoms with van der Waals surface area (Å²) in [4.78, 5) is 0. The molecule has 0 bridgehead atoms. The third kappa shape index (κ3) is 2.53. The van der Waals surface area contributed by atoms with Crippen molar-refractivity contribution in [3.63, 3.8) is 0 Å². The molecule has 0 unspecified atom stereocenters. The van der Waals surface area contributed by atoms with Gasteiger partial charge in [-0.05, 0) is 24.3 Å². The summed E-state index contributed by atoms with van der Waals surface area (Å²) in [5, 5.41) is 11.3. The zero-order valence-electron chi connectivity index (χ0n) is 6.11. The van der Waals surface area contributed by atoms with Crippen molar-refractivity contribution < 1.29 is 0 Å². The number of nitriles is 1. The largest absolute Gasteiger partial charge is 0.341 e. The molecule has 0 radical (unpaired) electrons. The van der Waals surface area contributed by atoms with Crippen LogP contribution in [0.2, 0.25) is 0 Å². The summed E-state index contributed by atoms with van der Waals surface area (Å²) < 4.78 is 0.416. The Morgan fingerprint density at radius 3 is 2.42 bits per heavy atom. The van der Waals surface area contributed by atoms with E-state index in [1.54, 1.807) is 24.3 Å². The molecule has 1 N–H and O–H groups in total. The van der Waals surface area contributed by atoms with E-state index in [1.165, 1.54) is 0 Å². The Bertz CT molecular complexity index is 324. The minimum Gasteiger partial charge on any atom is -0.341 e. The molecule has 0 saturated heterocycles. The maximum Gasteiger partial charge on any atom is 0.135 e. The van der Waals surface area contributed by atoms with E-state index in [1.807, 2.05) is 6.07 Å². The number of nitrogens with one attached hydrogen (secondary N) is 1. The van der Waals surface area contributed by atoms with Gasteiger partial charge < -0.3 is 5.32 Å². The first kappa shape index (κ1) is 9.04. The Hall–Kier alpha value is -1.05. The Morgan fingerprint density at radius 1 is 1.42 bits per heavy atom. The summed E-state index contributed by atoms with van der Waals surface area (Å²) in [5.41, 5.74) is 1.47. The van der Waals surface area contributed by atoms with Crippen LogP contribution < -0.4 is 5.32 Å². The number of thiol groups is 1. The van der Waals surface area contributed by atoms with E-state index in [4.69, 9.17) is 17.5 Å². The van der Waals surface area contributed by atoms with Crippen LogP contribution >= 0.6 is 24.8 Å². The van der Waals surface area contributed by atoms with Gasteiger partial charge in [0.25, 0.3) is 0 Å². The molecule has 4 heteroatoms. The van der Waals surface area contributed by atoms with Crippen molar-refractivity contribution in [1.82, 2.24) is 0 Å². The lowest BCUT2D eigenvalue weighted by Crippen LogP contribution is -1.99. The summed E-state index contributed by atoms with van der Waals surface area (Å²) in [6, 6.07) is 9.02. The second-order valence-electron chi connectivity index (χ2n) is 2.12. The van der Waals surface area contributed by atoms with Crippen molar-refractivity contribution in [3.05, 3.63) is 29.8 Å². The zero-order valence-corrected chi connectivity index (χ0v) is 7.82. The summed E-state index contributed by atoms with van der Waals surface area (Å²) in [5.74, 6) is 0. The average molecular weight is 194 g/mol. The third-order valence-electron chi connectivity index (χ3n) is 1.27. The molecule has 0 aliphatic heterocycles. The van der Waals surface area contributed by atoms with Gasteiger partial charge in [-0.25, -0.2) is 0 Å². The molecule has 60 valence electrons. The van der Waals surface area contributed by atoms with E-state index < -0.39 is 0 Å². The molecule has 0 saturated carbocycles. The molecule has 0 atom stereocenters. The highest BCUT2D eigenvalue weighted by Crippen LogP contribution is 2.09. The van der Waals surface area contributed by atoms with Crippen LogP contribution in [-0.2, 0) is 0 Å². The lowest BCUT2D eigenvalue weighted by atomic mass is 10.2. The molecule has 1 aromatic carbocycles. The van der Waals surface area contributed by atoms with Crippen LogP contribution in [0.3, 0.4) is 0 Å². The molecule has 1 rings (SSSR count). The lowest BCUT2D eigenvalue weighted by Gasteiger charge is -2.01. The number of benzene rings is 1. The van der Waals surface area contributed by atoms with Gasteiger partial charge in [-0.1, -0.05) is 12.2 Å². The molecule has 0 heterocycles. The standard InChI is InChI=1S/C8H6N2S2/c9-5-6-1-3-7(4-2-6)10-8(11)12/h1-4H,(H2,10,11,12). The molecule has 2 nitrogen and oxygen atoms in total. The van der Waals surface area contributed by atoms with E-state index in [2.05, 4.69) is 17.9 Å². The molecule has 0 fully saturated rings. The molecule has 1 aromatic rings. The highest BCUT2D eigenvalue weighted by atomic mass is 32.1. The molecular formula is C8H6N2S2. The van der Waals surface area contributed by atoms with Gasteiger partial charge in [0.05, 0.1) is 11.6 Å². The first-order chi connectivity index (χ1) is 5.72. The number of anilines is 1. The molecular weight excluding hydrogens is 188 g/mol. The highest BCUT2D eigenvalue weighted by Gasteiger charge is 1.92. The lowest BCUT2D eigenvalue weighted by molar-refractivity contribution is 1.48. The molecule has 0 spiro atoms. The van der Waals surface area contributed by atoms with Gasteiger partial charge in [-0.2, -0.15) is 5.26 Å². The van der Waals surface area contributed by atoms with Crippen LogP contribution in [0.4, 0.5) is 5.69 Å².